The summed E-state index contributed by atoms with van der Waals surface area (Å²) in [5.74, 6) is 0.317. The molecule has 3 rings (SSSR count). The van der Waals surface area contributed by atoms with Gasteiger partial charge < -0.3 is 24.3 Å². The van der Waals surface area contributed by atoms with Gasteiger partial charge in [0.15, 0.2) is 6.29 Å². The molecule has 0 spiro atoms. The van der Waals surface area contributed by atoms with Crippen LogP contribution < -0.4 is 10.1 Å². The summed E-state index contributed by atoms with van der Waals surface area (Å²) in [6, 6.07) is 23.2. The van der Waals surface area contributed by atoms with Crippen LogP contribution in [0.2, 0.25) is 0 Å². The lowest BCUT2D eigenvalue weighted by Crippen LogP contribution is -2.28. The van der Waals surface area contributed by atoms with Gasteiger partial charge in [-0.3, -0.25) is 9.59 Å². The van der Waals surface area contributed by atoms with Crippen molar-refractivity contribution in [2.45, 2.75) is 45.8 Å². The highest BCUT2D eigenvalue weighted by molar-refractivity contribution is 5.94. The predicted molar refractivity (Wildman–Crippen MR) is 156 cm³/mol. The number of hydrogen-bond acceptors (Lipinski definition) is 6. The molecular formula is C33H41NO6. The second-order valence-electron chi connectivity index (χ2n) is 9.55. The van der Waals surface area contributed by atoms with E-state index in [-0.39, 0.29) is 17.8 Å². The molecule has 0 fully saturated rings. The Bertz CT molecular complexity index is 1170. The zero-order valence-electron chi connectivity index (χ0n) is 24.0. The quantitative estimate of drug-likeness (QED) is 0.128. The minimum Gasteiger partial charge on any atom is -0.492 e. The normalized spacial score (nSPS) is 11.7. The SMILES string of the molecule is CCCCC(Cc1ccc(OCCNC(=O)c2ccc(-c3ccc(C(OC)OC)cc3)cc2)cc1)C(=O)OCC. The van der Waals surface area contributed by atoms with Gasteiger partial charge in [-0.25, -0.2) is 0 Å². The van der Waals surface area contributed by atoms with Gasteiger partial charge in [-0.15, -0.1) is 0 Å². The van der Waals surface area contributed by atoms with E-state index in [4.69, 9.17) is 18.9 Å². The molecule has 0 aliphatic heterocycles. The van der Waals surface area contributed by atoms with Gasteiger partial charge in [-0.05, 0) is 60.7 Å². The minimum absolute atomic E-state index is 0.124. The third-order valence-corrected chi connectivity index (χ3v) is 6.68. The van der Waals surface area contributed by atoms with E-state index in [1.54, 1.807) is 14.2 Å². The molecular weight excluding hydrogens is 506 g/mol. The molecule has 0 aliphatic carbocycles. The zero-order chi connectivity index (χ0) is 28.7. The third-order valence-electron chi connectivity index (χ3n) is 6.68. The van der Waals surface area contributed by atoms with Crippen LogP contribution in [-0.4, -0.2) is 45.9 Å². The summed E-state index contributed by atoms with van der Waals surface area (Å²) in [5.41, 5.74) is 4.65. The van der Waals surface area contributed by atoms with Crippen molar-refractivity contribution in [3.05, 3.63) is 89.5 Å². The van der Waals surface area contributed by atoms with Crippen molar-refractivity contribution in [2.75, 3.05) is 34.0 Å². The summed E-state index contributed by atoms with van der Waals surface area (Å²) in [6.07, 6.45) is 3.13. The second kappa shape index (κ2) is 16.4. The summed E-state index contributed by atoms with van der Waals surface area (Å²) in [6.45, 7) is 5.08. The van der Waals surface area contributed by atoms with Gasteiger partial charge in [0, 0.05) is 25.3 Å². The number of esters is 1. The highest BCUT2D eigenvalue weighted by Crippen LogP contribution is 2.24. The van der Waals surface area contributed by atoms with Gasteiger partial charge in [0.05, 0.1) is 19.1 Å². The first-order valence-corrected chi connectivity index (χ1v) is 13.9. The number of amides is 1. The van der Waals surface area contributed by atoms with Crippen molar-refractivity contribution in [1.29, 1.82) is 0 Å². The first kappa shape index (κ1) is 30.9. The molecule has 3 aromatic carbocycles. The Morgan fingerprint density at radius 3 is 2.02 bits per heavy atom. The van der Waals surface area contributed by atoms with Crippen LogP contribution in [0.1, 0.15) is 60.9 Å². The molecule has 40 heavy (non-hydrogen) atoms. The van der Waals surface area contributed by atoms with Crippen molar-refractivity contribution in [2.24, 2.45) is 5.92 Å². The number of unbranched alkanes of at least 4 members (excludes halogenated alkanes) is 1. The van der Waals surface area contributed by atoms with Gasteiger partial charge in [0.25, 0.3) is 5.91 Å². The number of hydrogen-bond donors (Lipinski definition) is 1. The summed E-state index contributed by atoms with van der Waals surface area (Å²) >= 11 is 0. The number of carbonyl (C=O) groups excluding carboxylic acids is 2. The van der Waals surface area contributed by atoms with Crippen molar-refractivity contribution in [3.8, 4) is 16.9 Å². The van der Waals surface area contributed by atoms with Gasteiger partial charge in [-0.2, -0.15) is 0 Å². The molecule has 1 N–H and O–H groups in total. The van der Waals surface area contributed by atoms with E-state index in [9.17, 15) is 9.59 Å². The van der Waals surface area contributed by atoms with Crippen LogP contribution in [0.25, 0.3) is 11.1 Å². The number of rotatable bonds is 16. The number of nitrogens with one attached hydrogen (secondary N) is 1. The van der Waals surface area contributed by atoms with Crippen LogP contribution in [0.3, 0.4) is 0 Å². The van der Waals surface area contributed by atoms with E-state index in [1.165, 1.54) is 0 Å². The molecule has 0 saturated carbocycles. The Morgan fingerprint density at radius 2 is 1.45 bits per heavy atom. The molecule has 0 heterocycles. The smallest absolute Gasteiger partial charge is 0.309 e. The highest BCUT2D eigenvalue weighted by atomic mass is 16.7. The van der Waals surface area contributed by atoms with Crippen LogP contribution in [0, 0.1) is 5.92 Å². The Morgan fingerprint density at radius 1 is 0.825 bits per heavy atom. The molecule has 0 aromatic heterocycles. The molecule has 7 heteroatoms. The molecule has 7 nitrogen and oxygen atoms in total. The molecule has 3 aromatic rings. The average Bonchev–Trinajstić information content (AvgIpc) is 2.99. The lowest BCUT2D eigenvalue weighted by molar-refractivity contribution is -0.148. The fourth-order valence-corrected chi connectivity index (χ4v) is 4.47. The Kier molecular flexibility index (Phi) is 12.7. The molecule has 214 valence electrons. The number of methoxy groups -OCH3 is 2. The number of carbonyl (C=O) groups is 2. The van der Waals surface area contributed by atoms with Crippen LogP contribution in [0.15, 0.2) is 72.8 Å². The van der Waals surface area contributed by atoms with Crippen LogP contribution >= 0.6 is 0 Å². The molecule has 0 radical (unpaired) electrons. The monoisotopic (exact) mass is 547 g/mol. The maximum atomic E-state index is 12.6. The lowest BCUT2D eigenvalue weighted by Gasteiger charge is -2.15. The summed E-state index contributed by atoms with van der Waals surface area (Å²) in [7, 11) is 3.21. The summed E-state index contributed by atoms with van der Waals surface area (Å²) in [5, 5.41) is 2.90. The van der Waals surface area contributed by atoms with E-state index in [2.05, 4.69) is 12.2 Å². The fourth-order valence-electron chi connectivity index (χ4n) is 4.47. The second-order valence-corrected chi connectivity index (χ2v) is 9.55. The molecule has 0 aliphatic rings. The Labute approximate surface area is 237 Å². The maximum absolute atomic E-state index is 12.6. The largest absolute Gasteiger partial charge is 0.492 e. The topological polar surface area (TPSA) is 83.1 Å². The van der Waals surface area contributed by atoms with Gasteiger partial charge in [0.2, 0.25) is 0 Å². The van der Waals surface area contributed by atoms with Crippen molar-refractivity contribution in [1.82, 2.24) is 5.32 Å². The first-order chi connectivity index (χ1) is 19.5. The van der Waals surface area contributed by atoms with E-state index in [1.807, 2.05) is 79.7 Å². The third kappa shape index (κ3) is 9.21. The van der Waals surface area contributed by atoms with Gasteiger partial charge in [0.1, 0.15) is 12.4 Å². The molecule has 0 bridgehead atoms. The Hall–Kier alpha value is -3.68. The fraction of sp³-hybridized carbons (Fsp3) is 0.394. The van der Waals surface area contributed by atoms with E-state index in [0.29, 0.717) is 31.7 Å². The Balaban J connectivity index is 1.44. The summed E-state index contributed by atoms with van der Waals surface area (Å²) in [4.78, 5) is 24.9. The lowest BCUT2D eigenvalue weighted by atomic mass is 9.94. The minimum atomic E-state index is -0.394. The predicted octanol–water partition coefficient (Wildman–Crippen LogP) is 6.37. The van der Waals surface area contributed by atoms with E-state index in [0.717, 1.165) is 47.3 Å². The molecule has 0 saturated heterocycles. The van der Waals surface area contributed by atoms with Crippen LogP contribution in [-0.2, 0) is 25.4 Å². The van der Waals surface area contributed by atoms with Crippen molar-refractivity contribution < 1.29 is 28.5 Å². The average molecular weight is 548 g/mol. The molecule has 1 atom stereocenters. The molecule has 1 unspecified atom stereocenters. The number of ether oxygens (including phenoxy) is 4. The summed E-state index contributed by atoms with van der Waals surface area (Å²) < 4.78 is 21.6. The van der Waals surface area contributed by atoms with E-state index >= 15 is 0 Å². The van der Waals surface area contributed by atoms with Crippen LogP contribution in [0.5, 0.6) is 5.75 Å². The van der Waals surface area contributed by atoms with Crippen LogP contribution in [0.4, 0.5) is 0 Å². The zero-order valence-corrected chi connectivity index (χ0v) is 24.0. The first-order valence-electron chi connectivity index (χ1n) is 13.9. The van der Waals surface area contributed by atoms with Gasteiger partial charge in [-0.1, -0.05) is 68.3 Å². The van der Waals surface area contributed by atoms with E-state index < -0.39 is 6.29 Å². The van der Waals surface area contributed by atoms with Crippen molar-refractivity contribution >= 4 is 11.9 Å². The van der Waals surface area contributed by atoms with Crippen molar-refractivity contribution in [3.63, 3.8) is 0 Å². The highest BCUT2D eigenvalue weighted by Gasteiger charge is 2.19. The molecule has 1 amide bonds. The maximum Gasteiger partial charge on any atom is 0.309 e. The number of benzene rings is 3. The van der Waals surface area contributed by atoms with Gasteiger partial charge >= 0.3 is 5.97 Å². The standard InChI is InChI=1S/C33H41NO6/c1-5-7-8-29(32(36)39-6-2)23-24-9-19-30(20-10-24)40-22-21-34-31(35)27-15-11-25(12-16-27)26-13-17-28(18-14-26)33(37-3)38-4/h9-20,29,33H,5-8,21-23H2,1-4H3,(H,34,35).